The van der Waals surface area contributed by atoms with E-state index in [2.05, 4.69) is 4.99 Å². The van der Waals surface area contributed by atoms with Crippen molar-refractivity contribution in [2.45, 2.75) is 32.1 Å². The van der Waals surface area contributed by atoms with E-state index in [1.54, 1.807) is 18.2 Å². The summed E-state index contributed by atoms with van der Waals surface area (Å²) in [5.41, 5.74) is 1.23. The Balaban J connectivity index is 1.82. The topological polar surface area (TPSA) is 38.7 Å². The van der Waals surface area contributed by atoms with Gasteiger partial charge in [-0.15, -0.1) is 0 Å². The predicted octanol–water partition coefficient (Wildman–Crippen LogP) is 4.22. The zero-order chi connectivity index (χ0) is 13.9. The van der Waals surface area contributed by atoms with Crippen molar-refractivity contribution in [3.63, 3.8) is 0 Å². The minimum absolute atomic E-state index is 0.304. The average molecular weight is 290 g/mol. The predicted molar refractivity (Wildman–Crippen MR) is 79.5 cm³/mol. The van der Waals surface area contributed by atoms with Gasteiger partial charge in [0, 0.05) is 10.9 Å². The van der Waals surface area contributed by atoms with E-state index in [9.17, 15) is 4.79 Å². The Kier molecular flexibility index (Phi) is 3.88. The van der Waals surface area contributed by atoms with Gasteiger partial charge in [-0.1, -0.05) is 43.0 Å². The fraction of sp³-hybridized carbons (Fsp3) is 0.375. The quantitative estimate of drug-likeness (QED) is 0.604. The molecule has 0 spiro atoms. The number of ether oxygens (including phenoxy) is 1. The Morgan fingerprint density at radius 1 is 1.25 bits per heavy atom. The van der Waals surface area contributed by atoms with Crippen LogP contribution >= 0.6 is 11.6 Å². The summed E-state index contributed by atoms with van der Waals surface area (Å²) in [5.74, 6) is 0.548. The van der Waals surface area contributed by atoms with E-state index >= 15 is 0 Å². The van der Waals surface area contributed by atoms with Gasteiger partial charge in [0.25, 0.3) is 0 Å². The maximum absolute atomic E-state index is 11.9. The van der Waals surface area contributed by atoms with Crippen LogP contribution in [-0.2, 0) is 9.53 Å². The van der Waals surface area contributed by atoms with Gasteiger partial charge in [-0.05, 0) is 36.6 Å². The molecule has 0 atom stereocenters. The van der Waals surface area contributed by atoms with Crippen LogP contribution in [0.25, 0.3) is 6.08 Å². The molecule has 1 saturated carbocycles. The number of carbonyl (C=O) groups excluding carboxylic acids is 1. The molecular weight excluding hydrogens is 274 g/mol. The second-order valence-corrected chi connectivity index (χ2v) is 5.70. The summed E-state index contributed by atoms with van der Waals surface area (Å²) in [6, 6.07) is 7.34. The van der Waals surface area contributed by atoms with Gasteiger partial charge >= 0.3 is 5.97 Å². The van der Waals surface area contributed by atoms with Crippen LogP contribution in [0, 0.1) is 5.92 Å². The third kappa shape index (κ3) is 2.93. The summed E-state index contributed by atoms with van der Waals surface area (Å²) in [6.45, 7) is 0. The average Bonchev–Trinajstić information content (AvgIpc) is 2.81. The van der Waals surface area contributed by atoms with E-state index in [-0.39, 0.29) is 5.97 Å². The Morgan fingerprint density at radius 3 is 2.80 bits per heavy atom. The zero-order valence-corrected chi connectivity index (χ0v) is 11.9. The first-order chi connectivity index (χ1) is 9.72. The summed E-state index contributed by atoms with van der Waals surface area (Å²) in [7, 11) is 0. The fourth-order valence-electron chi connectivity index (χ4n) is 2.70. The zero-order valence-electron chi connectivity index (χ0n) is 11.1. The summed E-state index contributed by atoms with van der Waals surface area (Å²) < 4.78 is 5.33. The van der Waals surface area contributed by atoms with E-state index in [1.165, 1.54) is 19.3 Å². The van der Waals surface area contributed by atoms with E-state index < -0.39 is 0 Å². The van der Waals surface area contributed by atoms with Crippen molar-refractivity contribution >= 4 is 29.5 Å². The molecule has 3 nitrogen and oxygen atoms in total. The number of nitrogens with zero attached hydrogens (tertiary/aromatic N) is 1. The molecule has 0 unspecified atom stereocenters. The van der Waals surface area contributed by atoms with Gasteiger partial charge in [-0.2, -0.15) is 0 Å². The van der Waals surface area contributed by atoms with Crippen LogP contribution < -0.4 is 0 Å². The molecule has 3 rings (SSSR count). The second-order valence-electron chi connectivity index (χ2n) is 5.26. The molecule has 1 aliphatic carbocycles. The lowest BCUT2D eigenvalue weighted by Crippen LogP contribution is -2.19. The minimum atomic E-state index is -0.356. The molecule has 0 bridgehead atoms. The number of benzene rings is 1. The lowest BCUT2D eigenvalue weighted by atomic mass is 9.89. The molecule has 4 heteroatoms. The maximum Gasteiger partial charge on any atom is 0.363 e. The van der Waals surface area contributed by atoms with Crippen molar-refractivity contribution in [2.24, 2.45) is 10.9 Å². The molecule has 1 aliphatic heterocycles. The van der Waals surface area contributed by atoms with Gasteiger partial charge in [-0.3, -0.25) is 0 Å². The number of aliphatic imine (C=N–C) groups is 1. The third-order valence-corrected chi connectivity index (χ3v) is 3.98. The van der Waals surface area contributed by atoms with Crippen LogP contribution in [0.5, 0.6) is 0 Å². The van der Waals surface area contributed by atoms with Gasteiger partial charge < -0.3 is 4.74 Å². The smallest absolute Gasteiger partial charge is 0.363 e. The van der Waals surface area contributed by atoms with Crippen molar-refractivity contribution in [3.05, 3.63) is 40.5 Å². The van der Waals surface area contributed by atoms with Gasteiger partial charge in [0.2, 0.25) is 5.90 Å². The van der Waals surface area contributed by atoms with Crippen molar-refractivity contribution in [1.82, 2.24) is 0 Å². The summed E-state index contributed by atoms with van der Waals surface area (Å²) >= 11 is 5.94. The molecule has 0 radical (unpaired) electrons. The number of hydrogen-bond acceptors (Lipinski definition) is 3. The highest BCUT2D eigenvalue weighted by atomic mass is 35.5. The highest BCUT2D eigenvalue weighted by Crippen LogP contribution is 2.29. The molecule has 104 valence electrons. The first kappa shape index (κ1) is 13.4. The molecule has 20 heavy (non-hydrogen) atoms. The van der Waals surface area contributed by atoms with Crippen molar-refractivity contribution in [1.29, 1.82) is 0 Å². The molecule has 1 aromatic carbocycles. The highest BCUT2D eigenvalue weighted by Gasteiger charge is 2.29. The second kappa shape index (κ2) is 5.80. The molecule has 0 N–H and O–H groups in total. The summed E-state index contributed by atoms with van der Waals surface area (Å²) in [4.78, 5) is 16.3. The Labute approximate surface area is 123 Å². The fourth-order valence-corrected chi connectivity index (χ4v) is 2.90. The minimum Gasteiger partial charge on any atom is -0.406 e. The van der Waals surface area contributed by atoms with Crippen LogP contribution in [0.15, 0.2) is 35.0 Å². The molecule has 1 heterocycles. The number of cyclic esters (lactones) is 1. The Hall–Kier alpha value is -1.61. The largest absolute Gasteiger partial charge is 0.406 e. The molecule has 1 fully saturated rings. The Morgan fingerprint density at radius 2 is 2.05 bits per heavy atom. The summed E-state index contributed by atoms with van der Waals surface area (Å²) in [6.07, 6.45) is 7.50. The monoisotopic (exact) mass is 289 g/mol. The van der Waals surface area contributed by atoms with E-state index in [0.717, 1.165) is 18.4 Å². The van der Waals surface area contributed by atoms with E-state index in [4.69, 9.17) is 16.3 Å². The lowest BCUT2D eigenvalue weighted by Gasteiger charge is -2.19. The van der Waals surface area contributed by atoms with Crippen LogP contribution in [0.2, 0.25) is 5.02 Å². The number of halogens is 1. The number of esters is 1. The van der Waals surface area contributed by atoms with Crippen LogP contribution in [0.4, 0.5) is 0 Å². The molecule has 2 aliphatic rings. The van der Waals surface area contributed by atoms with Gasteiger partial charge in [0.1, 0.15) is 0 Å². The van der Waals surface area contributed by atoms with Crippen molar-refractivity contribution in [2.75, 3.05) is 0 Å². The van der Waals surface area contributed by atoms with Gasteiger partial charge in [0.15, 0.2) is 5.70 Å². The molecular formula is C16H16ClNO2. The third-order valence-electron chi connectivity index (χ3n) is 3.74. The maximum atomic E-state index is 11.9. The first-order valence-electron chi connectivity index (χ1n) is 7.00. The number of carbonyl (C=O) groups is 1. The normalized spacial score (nSPS) is 21.9. The van der Waals surface area contributed by atoms with Gasteiger partial charge in [0.05, 0.1) is 0 Å². The lowest BCUT2D eigenvalue weighted by molar-refractivity contribution is -0.130. The van der Waals surface area contributed by atoms with E-state index in [1.807, 2.05) is 12.1 Å². The standard InChI is InChI=1S/C16H16ClNO2/c17-13-8-4-5-11(9-13)10-14-16(19)20-15(18-14)12-6-2-1-3-7-12/h4-5,8-10,12H,1-3,6-7H2/b14-10+. The molecule has 0 amide bonds. The SMILES string of the molecule is O=C1OC(C2CCCCC2)=N/C1=C/c1cccc(Cl)c1. The number of hydrogen-bond donors (Lipinski definition) is 0. The highest BCUT2D eigenvalue weighted by molar-refractivity contribution is 6.30. The van der Waals surface area contributed by atoms with Crippen molar-refractivity contribution < 1.29 is 9.53 Å². The van der Waals surface area contributed by atoms with Crippen LogP contribution in [0.1, 0.15) is 37.7 Å². The van der Waals surface area contributed by atoms with Crippen molar-refractivity contribution in [3.8, 4) is 0 Å². The van der Waals surface area contributed by atoms with Crippen LogP contribution in [0.3, 0.4) is 0 Å². The summed E-state index contributed by atoms with van der Waals surface area (Å²) in [5, 5.41) is 0.641. The van der Waals surface area contributed by atoms with E-state index in [0.29, 0.717) is 22.5 Å². The van der Waals surface area contributed by atoms with Gasteiger partial charge in [-0.25, -0.2) is 9.79 Å². The number of rotatable bonds is 2. The first-order valence-corrected chi connectivity index (χ1v) is 7.38. The Bertz CT molecular complexity index is 586. The molecule has 0 saturated heterocycles. The van der Waals surface area contributed by atoms with Crippen LogP contribution in [-0.4, -0.2) is 11.9 Å². The molecule has 0 aromatic heterocycles. The molecule has 1 aromatic rings.